The second-order valence-electron chi connectivity index (χ2n) is 7.15. The van der Waals surface area contributed by atoms with E-state index in [1.165, 1.54) is 16.9 Å². The lowest BCUT2D eigenvalue weighted by Gasteiger charge is -2.24. The maximum atomic E-state index is 12.4. The van der Waals surface area contributed by atoms with E-state index in [0.717, 1.165) is 36.8 Å². The fourth-order valence-corrected chi connectivity index (χ4v) is 4.58. The number of thiophene rings is 1. The zero-order chi connectivity index (χ0) is 19.2. The van der Waals surface area contributed by atoms with Gasteiger partial charge in [0, 0.05) is 49.4 Å². The molecule has 2 aromatic rings. The van der Waals surface area contributed by atoms with Gasteiger partial charge in [-0.1, -0.05) is 6.07 Å². The Bertz CT molecular complexity index is 760. The first-order chi connectivity index (χ1) is 13.1. The van der Waals surface area contributed by atoms with Crippen molar-refractivity contribution in [2.24, 2.45) is 0 Å². The second kappa shape index (κ2) is 9.30. The highest BCUT2D eigenvalue weighted by atomic mass is 32.1. The number of hydrogen-bond donors (Lipinski definition) is 2. The van der Waals surface area contributed by atoms with Crippen LogP contribution in [0.25, 0.3) is 0 Å². The third-order valence-corrected chi connectivity index (χ3v) is 6.07. The number of nitrogens with zero attached hydrogens (tertiary/aromatic N) is 3. The quantitative estimate of drug-likeness (QED) is 0.729. The standard InChI is InChI=1S/C20H29N5OS/c1-21-19-15(6-4-10-22-19)14-25-12-5-7-16(25)17-8-9-18(27-17)20(26)23-11-13-24(2)3/h4,6,8-10,16H,5,7,11-14H2,1-3H3,(H,21,22)(H,23,26). The van der Waals surface area contributed by atoms with Crippen molar-refractivity contribution in [3.05, 3.63) is 45.8 Å². The number of likely N-dealkylation sites (N-methyl/N-ethyl adjacent to an activating group) is 1. The van der Waals surface area contributed by atoms with Crippen LogP contribution in [0.15, 0.2) is 30.5 Å². The van der Waals surface area contributed by atoms with Crippen molar-refractivity contribution in [1.82, 2.24) is 20.1 Å². The summed E-state index contributed by atoms with van der Waals surface area (Å²) in [5.41, 5.74) is 1.21. The zero-order valence-corrected chi connectivity index (χ0v) is 17.2. The van der Waals surface area contributed by atoms with Crippen LogP contribution in [-0.4, -0.2) is 61.5 Å². The van der Waals surface area contributed by atoms with Crippen molar-refractivity contribution < 1.29 is 4.79 Å². The number of nitrogens with one attached hydrogen (secondary N) is 2. The van der Waals surface area contributed by atoms with Crippen LogP contribution in [0.2, 0.25) is 0 Å². The summed E-state index contributed by atoms with van der Waals surface area (Å²) in [6.07, 6.45) is 4.14. The number of pyridine rings is 1. The van der Waals surface area contributed by atoms with Gasteiger partial charge in [-0.15, -0.1) is 11.3 Å². The first kappa shape index (κ1) is 19.8. The summed E-state index contributed by atoms with van der Waals surface area (Å²) in [5, 5.41) is 6.18. The van der Waals surface area contributed by atoms with Gasteiger partial charge in [0.2, 0.25) is 0 Å². The van der Waals surface area contributed by atoms with Crippen LogP contribution in [-0.2, 0) is 6.54 Å². The molecular weight excluding hydrogens is 358 g/mol. The van der Waals surface area contributed by atoms with Crippen molar-refractivity contribution in [3.63, 3.8) is 0 Å². The van der Waals surface area contributed by atoms with Crippen molar-refractivity contribution in [1.29, 1.82) is 0 Å². The van der Waals surface area contributed by atoms with E-state index in [-0.39, 0.29) is 5.91 Å². The van der Waals surface area contributed by atoms with E-state index < -0.39 is 0 Å². The van der Waals surface area contributed by atoms with Crippen molar-refractivity contribution in [2.75, 3.05) is 46.1 Å². The summed E-state index contributed by atoms with van der Waals surface area (Å²) in [7, 11) is 5.92. The maximum absolute atomic E-state index is 12.4. The molecular formula is C20H29N5OS. The molecule has 2 N–H and O–H groups in total. The largest absolute Gasteiger partial charge is 0.373 e. The van der Waals surface area contributed by atoms with Gasteiger partial charge in [0.15, 0.2) is 0 Å². The van der Waals surface area contributed by atoms with E-state index in [2.05, 4.69) is 37.6 Å². The Morgan fingerprint density at radius 1 is 1.37 bits per heavy atom. The Labute approximate surface area is 165 Å². The predicted octanol–water partition coefficient (Wildman–Crippen LogP) is 2.81. The molecule has 0 bridgehead atoms. The molecule has 2 aromatic heterocycles. The number of anilines is 1. The molecule has 6 nitrogen and oxygen atoms in total. The lowest BCUT2D eigenvalue weighted by molar-refractivity contribution is 0.0955. The normalized spacial score (nSPS) is 17.4. The van der Waals surface area contributed by atoms with Crippen LogP contribution in [0.1, 0.15) is 39.0 Å². The molecule has 0 aromatic carbocycles. The van der Waals surface area contributed by atoms with Crippen LogP contribution >= 0.6 is 11.3 Å². The average Bonchev–Trinajstić information content (AvgIpc) is 3.31. The Morgan fingerprint density at radius 2 is 2.22 bits per heavy atom. The van der Waals surface area contributed by atoms with E-state index in [1.807, 2.05) is 39.5 Å². The zero-order valence-electron chi connectivity index (χ0n) is 16.4. The fraction of sp³-hybridized carbons (Fsp3) is 0.500. The van der Waals surface area contributed by atoms with E-state index >= 15 is 0 Å². The van der Waals surface area contributed by atoms with E-state index in [1.54, 1.807) is 11.3 Å². The van der Waals surface area contributed by atoms with Gasteiger partial charge in [-0.2, -0.15) is 0 Å². The van der Waals surface area contributed by atoms with E-state index in [9.17, 15) is 4.79 Å². The summed E-state index contributed by atoms with van der Waals surface area (Å²) in [6.45, 7) is 3.46. The van der Waals surface area contributed by atoms with Gasteiger partial charge >= 0.3 is 0 Å². The lowest BCUT2D eigenvalue weighted by Crippen LogP contribution is -2.30. The SMILES string of the molecule is CNc1ncccc1CN1CCCC1c1ccc(C(=O)NCCN(C)C)s1. The number of likely N-dealkylation sites (tertiary alicyclic amines) is 1. The molecule has 27 heavy (non-hydrogen) atoms. The first-order valence-corrected chi connectivity index (χ1v) is 10.3. The van der Waals surface area contributed by atoms with Gasteiger partial charge in [0.25, 0.3) is 5.91 Å². The average molecular weight is 388 g/mol. The lowest BCUT2D eigenvalue weighted by atomic mass is 10.1. The molecule has 1 atom stereocenters. The van der Waals surface area contributed by atoms with Crippen LogP contribution in [0.4, 0.5) is 5.82 Å². The number of aromatic nitrogens is 1. The number of carbonyl (C=O) groups is 1. The minimum Gasteiger partial charge on any atom is -0.373 e. The Kier molecular flexibility index (Phi) is 6.82. The molecule has 7 heteroatoms. The molecule has 3 rings (SSSR count). The van der Waals surface area contributed by atoms with Gasteiger partial charge in [-0.3, -0.25) is 9.69 Å². The second-order valence-corrected chi connectivity index (χ2v) is 8.27. The predicted molar refractivity (Wildman–Crippen MR) is 111 cm³/mol. The number of hydrogen-bond acceptors (Lipinski definition) is 6. The number of amides is 1. The number of carbonyl (C=O) groups excluding carboxylic acids is 1. The molecule has 1 fully saturated rings. The van der Waals surface area contributed by atoms with Crippen LogP contribution in [0, 0.1) is 0 Å². The van der Waals surface area contributed by atoms with Gasteiger partial charge in [0.05, 0.1) is 4.88 Å². The molecule has 0 aliphatic carbocycles. The molecule has 1 unspecified atom stereocenters. The van der Waals surface area contributed by atoms with Gasteiger partial charge in [-0.05, 0) is 51.7 Å². The van der Waals surface area contributed by atoms with Crippen molar-refractivity contribution >= 4 is 23.1 Å². The highest BCUT2D eigenvalue weighted by Crippen LogP contribution is 2.37. The van der Waals surface area contributed by atoms with Gasteiger partial charge in [0.1, 0.15) is 5.82 Å². The Balaban J connectivity index is 1.65. The molecule has 3 heterocycles. The molecule has 146 valence electrons. The van der Waals surface area contributed by atoms with Crippen LogP contribution in [0.5, 0.6) is 0 Å². The minimum absolute atomic E-state index is 0.0300. The molecule has 0 saturated carbocycles. The molecule has 1 amide bonds. The van der Waals surface area contributed by atoms with Crippen LogP contribution < -0.4 is 10.6 Å². The highest BCUT2D eigenvalue weighted by Gasteiger charge is 2.28. The topological polar surface area (TPSA) is 60.5 Å². The smallest absolute Gasteiger partial charge is 0.261 e. The highest BCUT2D eigenvalue weighted by molar-refractivity contribution is 7.14. The fourth-order valence-electron chi connectivity index (χ4n) is 3.48. The number of rotatable bonds is 8. The molecule has 1 aliphatic rings. The van der Waals surface area contributed by atoms with E-state index in [4.69, 9.17) is 0 Å². The van der Waals surface area contributed by atoms with Gasteiger partial charge < -0.3 is 15.5 Å². The third kappa shape index (κ3) is 5.06. The van der Waals surface area contributed by atoms with Gasteiger partial charge in [-0.25, -0.2) is 4.98 Å². The van der Waals surface area contributed by atoms with Crippen molar-refractivity contribution in [2.45, 2.75) is 25.4 Å². The molecule has 1 saturated heterocycles. The van der Waals surface area contributed by atoms with Crippen molar-refractivity contribution in [3.8, 4) is 0 Å². The summed E-state index contributed by atoms with van der Waals surface area (Å²) in [5.74, 6) is 0.970. The first-order valence-electron chi connectivity index (χ1n) is 9.47. The Hall–Kier alpha value is -1.96. The molecule has 0 spiro atoms. The molecule has 0 radical (unpaired) electrons. The Morgan fingerprint density at radius 3 is 3.00 bits per heavy atom. The van der Waals surface area contributed by atoms with Crippen LogP contribution in [0.3, 0.4) is 0 Å². The minimum atomic E-state index is 0.0300. The van der Waals surface area contributed by atoms with E-state index in [0.29, 0.717) is 12.6 Å². The third-order valence-electron chi connectivity index (χ3n) is 4.89. The summed E-state index contributed by atoms with van der Waals surface area (Å²) < 4.78 is 0. The summed E-state index contributed by atoms with van der Waals surface area (Å²) in [6, 6.07) is 8.58. The maximum Gasteiger partial charge on any atom is 0.261 e. The summed E-state index contributed by atoms with van der Waals surface area (Å²) in [4.78, 5) is 23.4. The monoisotopic (exact) mass is 387 g/mol. The molecule has 1 aliphatic heterocycles. The summed E-state index contributed by atoms with van der Waals surface area (Å²) >= 11 is 1.62.